The molecule has 1 aromatic carbocycles. The molecule has 16 heavy (non-hydrogen) atoms. The molecule has 0 bridgehead atoms. The lowest BCUT2D eigenvalue weighted by molar-refractivity contribution is 0.233. The van der Waals surface area contributed by atoms with Gasteiger partial charge in [0.05, 0.1) is 12.6 Å². The third kappa shape index (κ3) is 4.17. The summed E-state index contributed by atoms with van der Waals surface area (Å²) in [4.78, 5) is 0. The Morgan fingerprint density at radius 1 is 1.38 bits per heavy atom. The van der Waals surface area contributed by atoms with Crippen molar-refractivity contribution in [2.45, 2.75) is 31.8 Å². The first-order chi connectivity index (χ1) is 7.77. The maximum absolute atomic E-state index is 9.37. The van der Waals surface area contributed by atoms with Crippen LogP contribution in [0.5, 0.6) is 0 Å². The van der Waals surface area contributed by atoms with Gasteiger partial charge in [-0.05, 0) is 25.3 Å². The van der Waals surface area contributed by atoms with Crippen LogP contribution in [0.4, 0.5) is 0 Å². The summed E-state index contributed by atoms with van der Waals surface area (Å²) >= 11 is 0. The molecule has 88 valence electrons. The largest absolute Gasteiger partial charge is 0.394 e. The molecule has 0 radical (unpaired) electrons. The molecule has 2 atom stereocenters. The fraction of sp³-hybridized carbons (Fsp3) is 0.429. The lowest BCUT2D eigenvalue weighted by Gasteiger charge is -2.21. The minimum Gasteiger partial charge on any atom is -0.394 e. The second-order valence-electron chi connectivity index (χ2n) is 4.08. The molecule has 2 heteroatoms. The van der Waals surface area contributed by atoms with Crippen LogP contribution in [0.1, 0.15) is 31.4 Å². The maximum atomic E-state index is 9.37. The highest BCUT2D eigenvalue weighted by Crippen LogP contribution is 2.13. The fourth-order valence-corrected chi connectivity index (χ4v) is 1.73. The first-order valence-electron chi connectivity index (χ1n) is 5.80. The van der Waals surface area contributed by atoms with Crippen LogP contribution in [0.2, 0.25) is 0 Å². The van der Waals surface area contributed by atoms with Gasteiger partial charge in [-0.2, -0.15) is 0 Å². The van der Waals surface area contributed by atoms with Gasteiger partial charge in [-0.25, -0.2) is 0 Å². The summed E-state index contributed by atoms with van der Waals surface area (Å²) in [5.41, 5.74) is 1.13. The Hall–Kier alpha value is -1.12. The summed E-state index contributed by atoms with van der Waals surface area (Å²) in [6.45, 7) is 5.97. The molecule has 0 aliphatic heterocycles. The number of nitrogens with one attached hydrogen (secondary N) is 1. The topological polar surface area (TPSA) is 32.3 Å². The predicted octanol–water partition coefficient (Wildman–Crippen LogP) is 2.66. The van der Waals surface area contributed by atoms with Crippen molar-refractivity contribution in [1.29, 1.82) is 0 Å². The van der Waals surface area contributed by atoms with Gasteiger partial charge in [0.25, 0.3) is 0 Å². The van der Waals surface area contributed by atoms with Gasteiger partial charge >= 0.3 is 0 Å². The highest BCUT2D eigenvalue weighted by Gasteiger charge is 2.12. The molecule has 1 rings (SSSR count). The average Bonchev–Trinajstić information content (AvgIpc) is 2.34. The molecular weight excluding hydrogens is 198 g/mol. The molecule has 0 fully saturated rings. The van der Waals surface area contributed by atoms with E-state index in [-0.39, 0.29) is 12.6 Å². The lowest BCUT2D eigenvalue weighted by Crippen LogP contribution is -2.32. The van der Waals surface area contributed by atoms with E-state index in [1.54, 1.807) is 0 Å². The van der Waals surface area contributed by atoms with Gasteiger partial charge in [-0.15, -0.1) is 6.58 Å². The second kappa shape index (κ2) is 7.20. The maximum Gasteiger partial charge on any atom is 0.0626 e. The molecule has 1 unspecified atom stereocenters. The van der Waals surface area contributed by atoms with Crippen LogP contribution in [-0.2, 0) is 0 Å². The SMILES string of the molecule is C=CCCC(C)N[C@H](CO)c1ccccc1. The zero-order chi connectivity index (χ0) is 11.8. The summed E-state index contributed by atoms with van der Waals surface area (Å²) < 4.78 is 0. The smallest absolute Gasteiger partial charge is 0.0626 e. The van der Waals surface area contributed by atoms with Crippen LogP contribution in [0, 0.1) is 0 Å². The van der Waals surface area contributed by atoms with Crippen molar-refractivity contribution in [3.63, 3.8) is 0 Å². The molecule has 0 heterocycles. The third-order valence-corrected chi connectivity index (χ3v) is 2.67. The molecule has 0 aliphatic carbocycles. The number of hydrogen-bond donors (Lipinski definition) is 2. The van der Waals surface area contributed by atoms with E-state index in [9.17, 15) is 5.11 Å². The van der Waals surface area contributed by atoms with Crippen molar-refractivity contribution in [3.05, 3.63) is 48.6 Å². The third-order valence-electron chi connectivity index (χ3n) is 2.67. The standard InChI is InChI=1S/C14H21NO/c1-3-4-8-12(2)15-14(11-16)13-9-6-5-7-10-13/h3,5-7,9-10,12,14-16H,1,4,8,11H2,2H3/t12?,14-/m1/s1. The van der Waals surface area contributed by atoms with Crippen molar-refractivity contribution in [3.8, 4) is 0 Å². The number of rotatable bonds is 7. The summed E-state index contributed by atoms with van der Waals surface area (Å²) in [5.74, 6) is 0. The van der Waals surface area contributed by atoms with Crippen LogP contribution in [0.3, 0.4) is 0 Å². The molecular formula is C14H21NO. The predicted molar refractivity (Wildman–Crippen MR) is 68.3 cm³/mol. The summed E-state index contributed by atoms with van der Waals surface area (Å²) in [6.07, 6.45) is 3.97. The van der Waals surface area contributed by atoms with Crippen LogP contribution < -0.4 is 5.32 Å². The van der Waals surface area contributed by atoms with Crippen molar-refractivity contribution in [1.82, 2.24) is 5.32 Å². The van der Waals surface area contributed by atoms with Gasteiger partial charge < -0.3 is 10.4 Å². The van der Waals surface area contributed by atoms with Gasteiger partial charge in [0.1, 0.15) is 0 Å². The minimum atomic E-state index is 0.0287. The number of benzene rings is 1. The molecule has 2 nitrogen and oxygen atoms in total. The quantitative estimate of drug-likeness (QED) is 0.691. The first-order valence-corrected chi connectivity index (χ1v) is 5.80. The van der Waals surface area contributed by atoms with E-state index in [1.807, 2.05) is 36.4 Å². The van der Waals surface area contributed by atoms with E-state index < -0.39 is 0 Å². The molecule has 0 spiro atoms. The van der Waals surface area contributed by atoms with Crippen LogP contribution in [0.15, 0.2) is 43.0 Å². The lowest BCUT2D eigenvalue weighted by atomic mass is 10.1. The molecule has 0 aliphatic rings. The monoisotopic (exact) mass is 219 g/mol. The Morgan fingerprint density at radius 3 is 2.62 bits per heavy atom. The van der Waals surface area contributed by atoms with E-state index in [1.165, 1.54) is 0 Å². The summed E-state index contributed by atoms with van der Waals surface area (Å²) in [5, 5.41) is 12.8. The molecule has 0 aromatic heterocycles. The average molecular weight is 219 g/mol. The van der Waals surface area contributed by atoms with Gasteiger partial charge in [-0.3, -0.25) is 0 Å². The molecule has 0 amide bonds. The zero-order valence-corrected chi connectivity index (χ0v) is 9.89. The Balaban J connectivity index is 2.52. The Morgan fingerprint density at radius 2 is 2.06 bits per heavy atom. The van der Waals surface area contributed by atoms with Crippen molar-refractivity contribution in [2.75, 3.05) is 6.61 Å². The number of allylic oxidation sites excluding steroid dienone is 1. The number of aliphatic hydroxyl groups is 1. The van der Waals surface area contributed by atoms with Crippen LogP contribution >= 0.6 is 0 Å². The Kier molecular flexibility index (Phi) is 5.83. The van der Waals surface area contributed by atoms with Crippen molar-refractivity contribution >= 4 is 0 Å². The highest BCUT2D eigenvalue weighted by molar-refractivity contribution is 5.19. The molecule has 0 saturated carbocycles. The fourth-order valence-electron chi connectivity index (χ4n) is 1.73. The van der Waals surface area contributed by atoms with Gasteiger partial charge in [-0.1, -0.05) is 36.4 Å². The molecule has 2 N–H and O–H groups in total. The number of aliphatic hydroxyl groups excluding tert-OH is 1. The normalized spacial score (nSPS) is 14.4. The van der Waals surface area contributed by atoms with E-state index in [0.29, 0.717) is 6.04 Å². The molecule has 0 saturated heterocycles. The van der Waals surface area contributed by atoms with E-state index in [0.717, 1.165) is 18.4 Å². The van der Waals surface area contributed by atoms with Crippen molar-refractivity contribution in [2.24, 2.45) is 0 Å². The van der Waals surface area contributed by atoms with Gasteiger partial charge in [0.15, 0.2) is 0 Å². The zero-order valence-electron chi connectivity index (χ0n) is 9.89. The Labute approximate surface area is 98.0 Å². The van der Waals surface area contributed by atoms with Gasteiger partial charge in [0.2, 0.25) is 0 Å². The van der Waals surface area contributed by atoms with Crippen LogP contribution in [-0.4, -0.2) is 17.8 Å². The number of hydrogen-bond acceptors (Lipinski definition) is 2. The summed E-state index contributed by atoms with van der Waals surface area (Å²) in [6, 6.07) is 10.5. The van der Waals surface area contributed by atoms with E-state index in [2.05, 4.69) is 18.8 Å². The first kappa shape index (κ1) is 12.9. The minimum absolute atomic E-state index is 0.0287. The van der Waals surface area contributed by atoms with E-state index in [4.69, 9.17) is 0 Å². The highest BCUT2D eigenvalue weighted by atomic mass is 16.3. The van der Waals surface area contributed by atoms with Crippen LogP contribution in [0.25, 0.3) is 0 Å². The second-order valence-corrected chi connectivity index (χ2v) is 4.08. The van der Waals surface area contributed by atoms with Crippen molar-refractivity contribution < 1.29 is 5.11 Å². The Bertz CT molecular complexity index is 297. The summed E-state index contributed by atoms with van der Waals surface area (Å²) in [7, 11) is 0. The molecule has 1 aromatic rings. The van der Waals surface area contributed by atoms with Gasteiger partial charge in [0, 0.05) is 6.04 Å². The van der Waals surface area contributed by atoms with E-state index >= 15 is 0 Å².